The van der Waals surface area contributed by atoms with E-state index in [1.807, 2.05) is 18.3 Å². The van der Waals surface area contributed by atoms with Gasteiger partial charge in [0.2, 0.25) is 0 Å². The Hall–Kier alpha value is -1.88. The second kappa shape index (κ2) is 6.32. The lowest BCUT2D eigenvalue weighted by Gasteiger charge is -2.39. The number of imidazole rings is 1. The Balaban J connectivity index is 1.43. The fourth-order valence-corrected chi connectivity index (χ4v) is 3.57. The van der Waals surface area contributed by atoms with Crippen LogP contribution in [0.1, 0.15) is 43.7 Å². The Morgan fingerprint density at radius 2 is 2.17 bits per heavy atom. The lowest BCUT2D eigenvalue weighted by molar-refractivity contribution is 0.110. The zero-order valence-electron chi connectivity index (χ0n) is 13.7. The highest BCUT2D eigenvalue weighted by molar-refractivity contribution is 5.17. The number of fused-ring (bicyclic) bond motifs is 1. The molecule has 0 saturated heterocycles. The zero-order chi connectivity index (χ0) is 15.6. The molecule has 1 saturated carbocycles. The van der Waals surface area contributed by atoms with Crippen LogP contribution in [0.2, 0.25) is 0 Å². The number of hydrogen-bond acceptors (Lipinski definition) is 4. The van der Waals surface area contributed by atoms with Gasteiger partial charge in [-0.1, -0.05) is 6.42 Å². The molecule has 0 unspecified atom stereocenters. The number of rotatable bonds is 5. The van der Waals surface area contributed by atoms with Crippen LogP contribution in [0.25, 0.3) is 0 Å². The zero-order valence-corrected chi connectivity index (χ0v) is 13.7. The lowest BCUT2D eigenvalue weighted by Crippen LogP contribution is -2.41. The van der Waals surface area contributed by atoms with E-state index in [1.165, 1.54) is 31.6 Å². The van der Waals surface area contributed by atoms with Gasteiger partial charge in [-0.3, -0.25) is 9.88 Å². The Morgan fingerprint density at radius 1 is 1.26 bits per heavy atom. The largest absolute Gasteiger partial charge is 0.486 e. The minimum Gasteiger partial charge on any atom is -0.486 e. The van der Waals surface area contributed by atoms with E-state index in [1.54, 1.807) is 12.4 Å². The summed E-state index contributed by atoms with van der Waals surface area (Å²) >= 11 is 0. The first-order valence-corrected chi connectivity index (χ1v) is 8.62. The molecule has 3 heterocycles. The first-order valence-electron chi connectivity index (χ1n) is 8.62. The molecule has 2 aromatic rings. The quantitative estimate of drug-likeness (QED) is 0.851. The van der Waals surface area contributed by atoms with Crippen LogP contribution in [-0.4, -0.2) is 32.5 Å². The van der Waals surface area contributed by atoms with Crippen molar-refractivity contribution in [2.75, 3.05) is 13.1 Å². The highest BCUT2D eigenvalue weighted by Gasteiger charge is 2.30. The Labute approximate surface area is 137 Å². The number of ether oxygens (including phenoxy) is 1. The van der Waals surface area contributed by atoms with Gasteiger partial charge in [0.15, 0.2) is 0 Å². The lowest BCUT2D eigenvalue weighted by atomic mass is 9.84. The van der Waals surface area contributed by atoms with Crippen molar-refractivity contribution in [3.63, 3.8) is 0 Å². The summed E-state index contributed by atoms with van der Waals surface area (Å²) in [5, 5.41) is 0. The number of pyridine rings is 1. The first kappa shape index (κ1) is 14.7. The van der Waals surface area contributed by atoms with Crippen molar-refractivity contribution < 1.29 is 4.74 Å². The van der Waals surface area contributed by atoms with Crippen LogP contribution in [-0.2, 0) is 13.2 Å². The van der Waals surface area contributed by atoms with Crippen molar-refractivity contribution >= 4 is 0 Å². The second-order valence-electron chi connectivity index (χ2n) is 6.70. The summed E-state index contributed by atoms with van der Waals surface area (Å²) in [5.41, 5.74) is 1.15. The van der Waals surface area contributed by atoms with E-state index in [0.29, 0.717) is 12.6 Å². The summed E-state index contributed by atoms with van der Waals surface area (Å²) in [6.07, 6.45) is 9.69. The highest BCUT2D eigenvalue weighted by atomic mass is 16.5. The van der Waals surface area contributed by atoms with E-state index in [2.05, 4.69) is 26.4 Å². The summed E-state index contributed by atoms with van der Waals surface area (Å²) in [5.74, 6) is 2.89. The van der Waals surface area contributed by atoms with Gasteiger partial charge in [-0.2, -0.15) is 0 Å². The fraction of sp³-hybridized carbons (Fsp3) is 0.556. The average Bonchev–Trinajstić information content (AvgIpc) is 2.95. The molecule has 0 amide bonds. The van der Waals surface area contributed by atoms with E-state index >= 15 is 0 Å². The number of hydrogen-bond donors (Lipinski definition) is 0. The topological polar surface area (TPSA) is 43.2 Å². The molecule has 0 spiro atoms. The third kappa shape index (κ3) is 2.98. The molecule has 1 aliphatic heterocycles. The van der Waals surface area contributed by atoms with Crippen molar-refractivity contribution in [2.45, 2.75) is 45.4 Å². The number of nitrogens with zero attached hydrogens (tertiary/aromatic N) is 4. The Kier molecular flexibility index (Phi) is 4.04. The highest BCUT2D eigenvalue weighted by Crippen LogP contribution is 2.32. The van der Waals surface area contributed by atoms with Gasteiger partial charge in [0.1, 0.15) is 18.2 Å². The van der Waals surface area contributed by atoms with Gasteiger partial charge in [0.05, 0.1) is 24.1 Å². The molecule has 5 nitrogen and oxygen atoms in total. The predicted molar refractivity (Wildman–Crippen MR) is 88.1 cm³/mol. The molecule has 4 rings (SSSR count). The van der Waals surface area contributed by atoms with Gasteiger partial charge in [0.25, 0.3) is 0 Å². The van der Waals surface area contributed by atoms with Crippen molar-refractivity contribution in [2.24, 2.45) is 5.92 Å². The van der Waals surface area contributed by atoms with Crippen LogP contribution in [0, 0.1) is 5.92 Å². The maximum atomic E-state index is 5.83. The fourth-order valence-electron chi connectivity index (χ4n) is 3.57. The number of aromatic nitrogens is 3. The van der Waals surface area contributed by atoms with Crippen molar-refractivity contribution in [1.82, 2.24) is 19.4 Å². The maximum absolute atomic E-state index is 5.83. The minimum absolute atomic E-state index is 0.400. The van der Waals surface area contributed by atoms with Crippen LogP contribution < -0.4 is 4.74 Å². The molecule has 0 bridgehead atoms. The molecule has 23 heavy (non-hydrogen) atoms. The second-order valence-corrected chi connectivity index (χ2v) is 6.70. The van der Waals surface area contributed by atoms with E-state index in [4.69, 9.17) is 4.74 Å². The van der Waals surface area contributed by atoms with Crippen LogP contribution in [0.3, 0.4) is 0 Å². The molecule has 1 fully saturated rings. The van der Waals surface area contributed by atoms with Gasteiger partial charge in [-0.05, 0) is 37.8 Å². The van der Waals surface area contributed by atoms with E-state index in [-0.39, 0.29) is 0 Å². The van der Waals surface area contributed by atoms with Gasteiger partial charge in [-0.15, -0.1) is 0 Å². The van der Waals surface area contributed by atoms with Crippen molar-refractivity contribution in [3.05, 3.63) is 42.2 Å². The van der Waals surface area contributed by atoms with Crippen LogP contribution >= 0.6 is 0 Å². The summed E-state index contributed by atoms with van der Waals surface area (Å²) in [6.45, 7) is 6.19. The van der Waals surface area contributed by atoms with Crippen molar-refractivity contribution in [1.29, 1.82) is 0 Å². The van der Waals surface area contributed by atoms with E-state index in [0.717, 1.165) is 30.5 Å². The molecule has 0 radical (unpaired) electrons. The summed E-state index contributed by atoms with van der Waals surface area (Å²) in [4.78, 5) is 11.4. The van der Waals surface area contributed by atoms with Gasteiger partial charge >= 0.3 is 0 Å². The molecule has 122 valence electrons. The van der Waals surface area contributed by atoms with Gasteiger partial charge in [0, 0.05) is 25.8 Å². The summed E-state index contributed by atoms with van der Waals surface area (Å²) in [7, 11) is 0. The standard InChI is InChI=1S/C18H24N4O/c1-14-18-20-10-16(13-23-17-6-3-7-19-11-17)22(18)9-8-21(14)12-15-4-2-5-15/h3,6-7,10-11,14-15H,2,4-5,8-9,12-13H2,1H3/t14-/m1/s1. The van der Waals surface area contributed by atoms with Crippen molar-refractivity contribution in [3.8, 4) is 5.75 Å². The maximum Gasteiger partial charge on any atom is 0.138 e. The van der Waals surface area contributed by atoms with Crippen LogP contribution in [0.15, 0.2) is 30.7 Å². The molecule has 0 N–H and O–H groups in total. The summed E-state index contributed by atoms with van der Waals surface area (Å²) in [6, 6.07) is 4.22. The minimum atomic E-state index is 0.400. The molecule has 2 aromatic heterocycles. The van der Waals surface area contributed by atoms with Crippen LogP contribution in [0.4, 0.5) is 0 Å². The Morgan fingerprint density at radius 3 is 2.91 bits per heavy atom. The first-order chi connectivity index (χ1) is 11.3. The molecule has 1 aliphatic carbocycles. The molecule has 2 aliphatic rings. The monoisotopic (exact) mass is 312 g/mol. The van der Waals surface area contributed by atoms with Gasteiger partial charge in [-0.25, -0.2) is 4.98 Å². The Bertz CT molecular complexity index is 650. The summed E-state index contributed by atoms with van der Waals surface area (Å²) < 4.78 is 8.16. The normalized spacial score (nSPS) is 21.7. The molecule has 1 atom stereocenters. The third-order valence-corrected chi connectivity index (χ3v) is 5.24. The predicted octanol–water partition coefficient (Wildman–Crippen LogP) is 3.03. The van der Waals surface area contributed by atoms with E-state index < -0.39 is 0 Å². The SMILES string of the molecule is C[C@@H]1c2ncc(COc3cccnc3)n2CCN1CC1CCC1. The average molecular weight is 312 g/mol. The van der Waals surface area contributed by atoms with Gasteiger partial charge < -0.3 is 9.30 Å². The molecule has 5 heteroatoms. The smallest absolute Gasteiger partial charge is 0.138 e. The van der Waals surface area contributed by atoms with E-state index in [9.17, 15) is 0 Å². The molecule has 0 aromatic carbocycles. The van der Waals surface area contributed by atoms with Crippen LogP contribution in [0.5, 0.6) is 5.75 Å². The molecular weight excluding hydrogens is 288 g/mol. The molecular formula is C18H24N4O. The third-order valence-electron chi connectivity index (χ3n) is 5.24.